The van der Waals surface area contributed by atoms with E-state index in [2.05, 4.69) is 21.7 Å². The second-order valence-corrected chi connectivity index (χ2v) is 10.1. The number of aromatic amines is 1. The Kier molecular flexibility index (Phi) is 5.53. The number of amides is 3. The van der Waals surface area contributed by atoms with Crippen LogP contribution >= 0.6 is 11.6 Å². The van der Waals surface area contributed by atoms with E-state index < -0.39 is 12.1 Å². The molecular weight excluding hydrogens is 442 g/mol. The monoisotopic (exact) mass is 467 g/mol. The third kappa shape index (κ3) is 4.06. The molecule has 172 valence electrons. The number of likely N-dealkylation sites (tertiary alicyclic amines) is 1. The molecule has 2 aromatic rings. The van der Waals surface area contributed by atoms with E-state index in [9.17, 15) is 19.6 Å². The number of rotatable bonds is 5. The summed E-state index contributed by atoms with van der Waals surface area (Å²) in [5.74, 6) is -0.895. The van der Waals surface area contributed by atoms with Gasteiger partial charge in [-0.05, 0) is 55.7 Å². The van der Waals surface area contributed by atoms with E-state index in [1.807, 2.05) is 6.07 Å². The van der Waals surface area contributed by atoms with Crippen molar-refractivity contribution in [3.8, 4) is 6.07 Å². The van der Waals surface area contributed by atoms with Gasteiger partial charge in [-0.15, -0.1) is 0 Å². The van der Waals surface area contributed by atoms with Crippen LogP contribution in [0.3, 0.4) is 0 Å². The SMILES string of the molecule is N#CC(CC1CCNC1=O)NC(=O)C1CC2(CCC2)CN1C(=O)c1cc2ccc(Cl)cc2[nH]1. The van der Waals surface area contributed by atoms with Crippen molar-refractivity contribution in [3.05, 3.63) is 35.0 Å². The molecule has 3 heterocycles. The molecule has 3 unspecified atom stereocenters. The van der Waals surface area contributed by atoms with Crippen molar-refractivity contribution in [1.29, 1.82) is 5.26 Å². The number of halogens is 1. The molecule has 0 radical (unpaired) electrons. The highest BCUT2D eigenvalue weighted by Gasteiger charge is 2.52. The molecule has 1 saturated carbocycles. The number of nitrogens with one attached hydrogen (secondary N) is 3. The molecule has 1 aromatic carbocycles. The predicted octanol–water partition coefficient (Wildman–Crippen LogP) is 2.74. The molecule has 5 rings (SSSR count). The van der Waals surface area contributed by atoms with E-state index in [0.717, 1.165) is 30.2 Å². The maximum atomic E-state index is 13.5. The summed E-state index contributed by atoms with van der Waals surface area (Å²) in [7, 11) is 0. The van der Waals surface area contributed by atoms with Crippen LogP contribution < -0.4 is 10.6 Å². The minimum atomic E-state index is -0.767. The van der Waals surface area contributed by atoms with Crippen LogP contribution in [-0.4, -0.2) is 52.8 Å². The lowest BCUT2D eigenvalue weighted by atomic mass is 9.67. The lowest BCUT2D eigenvalue weighted by molar-refractivity contribution is -0.126. The molecule has 3 atom stereocenters. The van der Waals surface area contributed by atoms with Gasteiger partial charge in [0.25, 0.3) is 5.91 Å². The summed E-state index contributed by atoms with van der Waals surface area (Å²) in [5.41, 5.74) is 1.16. The van der Waals surface area contributed by atoms with Gasteiger partial charge >= 0.3 is 0 Å². The number of nitrogens with zero attached hydrogens (tertiary/aromatic N) is 2. The average molecular weight is 468 g/mol. The van der Waals surface area contributed by atoms with E-state index in [0.29, 0.717) is 36.6 Å². The zero-order valence-corrected chi connectivity index (χ0v) is 19.0. The van der Waals surface area contributed by atoms with Gasteiger partial charge < -0.3 is 20.5 Å². The number of H-pyrrole nitrogens is 1. The lowest BCUT2D eigenvalue weighted by Gasteiger charge is -2.37. The van der Waals surface area contributed by atoms with Crippen molar-refractivity contribution in [3.63, 3.8) is 0 Å². The van der Waals surface area contributed by atoms with Crippen LogP contribution in [0.5, 0.6) is 0 Å². The van der Waals surface area contributed by atoms with E-state index in [-0.39, 0.29) is 35.5 Å². The number of hydrogen-bond donors (Lipinski definition) is 3. The molecule has 2 aliphatic heterocycles. The fraction of sp³-hybridized carbons (Fsp3) is 0.500. The summed E-state index contributed by atoms with van der Waals surface area (Å²) in [6.45, 7) is 1.13. The van der Waals surface area contributed by atoms with Gasteiger partial charge in [0.2, 0.25) is 11.8 Å². The first kappa shape index (κ1) is 21.8. The summed E-state index contributed by atoms with van der Waals surface area (Å²) in [6, 6.07) is 7.89. The van der Waals surface area contributed by atoms with Crippen LogP contribution in [0.1, 0.15) is 49.0 Å². The van der Waals surface area contributed by atoms with Crippen molar-refractivity contribution in [2.45, 2.75) is 50.6 Å². The quantitative estimate of drug-likeness (QED) is 0.626. The van der Waals surface area contributed by atoms with Crippen LogP contribution in [0.4, 0.5) is 0 Å². The Labute approximate surface area is 196 Å². The predicted molar refractivity (Wildman–Crippen MR) is 122 cm³/mol. The minimum Gasteiger partial charge on any atom is -0.356 e. The third-order valence-electron chi connectivity index (χ3n) is 7.46. The van der Waals surface area contributed by atoms with Crippen LogP contribution in [0, 0.1) is 22.7 Å². The van der Waals surface area contributed by atoms with Crippen LogP contribution in [0.15, 0.2) is 24.3 Å². The summed E-state index contributed by atoms with van der Waals surface area (Å²) in [4.78, 5) is 43.4. The number of carbonyl (C=O) groups is 3. The van der Waals surface area contributed by atoms with E-state index in [4.69, 9.17) is 11.6 Å². The van der Waals surface area contributed by atoms with Crippen molar-refractivity contribution in [2.75, 3.05) is 13.1 Å². The van der Waals surface area contributed by atoms with Gasteiger partial charge in [0.1, 0.15) is 17.8 Å². The highest BCUT2D eigenvalue weighted by molar-refractivity contribution is 6.31. The van der Waals surface area contributed by atoms with Gasteiger partial charge in [-0.25, -0.2) is 0 Å². The molecule has 0 bridgehead atoms. The van der Waals surface area contributed by atoms with Gasteiger partial charge in [-0.1, -0.05) is 24.1 Å². The number of fused-ring (bicyclic) bond motifs is 1. The molecule has 33 heavy (non-hydrogen) atoms. The van der Waals surface area contributed by atoms with Gasteiger partial charge in [-0.3, -0.25) is 14.4 Å². The Hall–Kier alpha value is -3.05. The molecule has 1 aromatic heterocycles. The highest BCUT2D eigenvalue weighted by atomic mass is 35.5. The topological polar surface area (TPSA) is 118 Å². The van der Waals surface area contributed by atoms with Crippen molar-refractivity contribution < 1.29 is 14.4 Å². The maximum absolute atomic E-state index is 13.5. The number of benzene rings is 1. The maximum Gasteiger partial charge on any atom is 0.271 e. The van der Waals surface area contributed by atoms with E-state index in [1.165, 1.54) is 0 Å². The van der Waals surface area contributed by atoms with Crippen molar-refractivity contribution >= 4 is 40.2 Å². The average Bonchev–Trinajstić information content (AvgIpc) is 3.49. The molecule has 3 fully saturated rings. The number of nitriles is 1. The first-order valence-electron chi connectivity index (χ1n) is 11.4. The molecule has 8 nitrogen and oxygen atoms in total. The second kappa shape index (κ2) is 8.38. The van der Waals surface area contributed by atoms with Gasteiger partial charge in [0.15, 0.2) is 0 Å². The first-order valence-corrected chi connectivity index (χ1v) is 11.8. The van der Waals surface area contributed by atoms with Crippen LogP contribution in [0.25, 0.3) is 10.9 Å². The summed E-state index contributed by atoms with van der Waals surface area (Å²) in [6.07, 6.45) is 4.62. The molecule has 2 saturated heterocycles. The molecule has 3 N–H and O–H groups in total. The Bertz CT molecular complexity index is 1160. The van der Waals surface area contributed by atoms with Crippen LogP contribution in [-0.2, 0) is 9.59 Å². The summed E-state index contributed by atoms with van der Waals surface area (Å²) < 4.78 is 0. The fourth-order valence-electron chi connectivity index (χ4n) is 5.48. The zero-order valence-electron chi connectivity index (χ0n) is 18.2. The molecule has 1 spiro atoms. The molecule has 1 aliphatic carbocycles. The normalized spacial score (nSPS) is 24.4. The fourth-order valence-corrected chi connectivity index (χ4v) is 5.65. The molecule has 3 aliphatic rings. The van der Waals surface area contributed by atoms with Crippen LogP contribution in [0.2, 0.25) is 5.02 Å². The first-order chi connectivity index (χ1) is 15.9. The highest BCUT2D eigenvalue weighted by Crippen LogP contribution is 2.50. The standard InChI is InChI=1S/C24H26ClN5O3/c25-16-3-2-14-9-19(29-18(14)10-16)23(33)30-13-24(5-1-6-24)11-20(30)22(32)28-17(12-26)8-15-4-7-27-21(15)31/h2-3,9-10,15,17,20,29H,1,4-8,11,13H2,(H,27,31)(H,28,32). The Morgan fingerprint density at radius 2 is 2.15 bits per heavy atom. The van der Waals surface area contributed by atoms with Gasteiger partial charge in [-0.2, -0.15) is 5.26 Å². The molecule has 9 heteroatoms. The summed E-state index contributed by atoms with van der Waals surface area (Å²) in [5, 5.41) is 16.6. The van der Waals surface area contributed by atoms with Crippen molar-refractivity contribution in [1.82, 2.24) is 20.5 Å². The Balaban J connectivity index is 1.35. The lowest BCUT2D eigenvalue weighted by Crippen LogP contribution is -2.49. The van der Waals surface area contributed by atoms with E-state index >= 15 is 0 Å². The van der Waals surface area contributed by atoms with Gasteiger partial charge in [0.05, 0.1) is 6.07 Å². The minimum absolute atomic E-state index is 0.0273. The molecular formula is C24H26ClN5O3. The Morgan fingerprint density at radius 1 is 1.33 bits per heavy atom. The number of hydrogen-bond acceptors (Lipinski definition) is 4. The Morgan fingerprint density at radius 3 is 2.82 bits per heavy atom. The summed E-state index contributed by atoms with van der Waals surface area (Å²) >= 11 is 6.08. The van der Waals surface area contributed by atoms with Gasteiger partial charge in [0, 0.05) is 34.9 Å². The third-order valence-corrected chi connectivity index (χ3v) is 7.69. The largest absolute Gasteiger partial charge is 0.356 e. The number of carbonyl (C=O) groups excluding carboxylic acids is 3. The number of aromatic nitrogens is 1. The smallest absolute Gasteiger partial charge is 0.271 e. The van der Waals surface area contributed by atoms with E-state index in [1.54, 1.807) is 23.1 Å². The second-order valence-electron chi connectivity index (χ2n) is 9.62. The molecule has 3 amide bonds. The zero-order chi connectivity index (χ0) is 23.2. The van der Waals surface area contributed by atoms with Crippen molar-refractivity contribution in [2.24, 2.45) is 11.3 Å².